The predicted octanol–water partition coefficient (Wildman–Crippen LogP) is 9.04. The molecule has 4 rings (SSSR count). The SMILES string of the molecule is CCCCOc1ccc(-c2ccc(COc3ccc(-c4ccc(/C=C/CF)cc4)cc3)cc2)c(F)c1F. The van der Waals surface area contributed by atoms with E-state index in [4.69, 9.17) is 9.47 Å². The van der Waals surface area contributed by atoms with Gasteiger partial charge in [0.25, 0.3) is 0 Å². The number of unbranched alkanes of at least 4 members (excludes halogenated alkanes) is 1. The quantitative estimate of drug-likeness (QED) is 0.191. The third-order valence-electron chi connectivity index (χ3n) is 5.97. The largest absolute Gasteiger partial charge is 0.490 e. The van der Waals surface area contributed by atoms with Crippen molar-refractivity contribution in [2.75, 3.05) is 13.3 Å². The van der Waals surface area contributed by atoms with Gasteiger partial charge in [-0.1, -0.05) is 86.2 Å². The molecule has 0 bridgehead atoms. The summed E-state index contributed by atoms with van der Waals surface area (Å²) in [5, 5.41) is 0. The fourth-order valence-electron chi connectivity index (χ4n) is 3.85. The van der Waals surface area contributed by atoms with Crippen LogP contribution in [0.2, 0.25) is 0 Å². The Morgan fingerprint density at radius 1 is 0.703 bits per heavy atom. The normalized spacial score (nSPS) is 11.1. The van der Waals surface area contributed by atoms with Crippen LogP contribution in [0, 0.1) is 11.6 Å². The molecule has 5 heteroatoms. The molecule has 0 aliphatic carbocycles. The van der Waals surface area contributed by atoms with Gasteiger partial charge >= 0.3 is 0 Å². The van der Waals surface area contributed by atoms with Crippen LogP contribution in [0.1, 0.15) is 30.9 Å². The lowest BCUT2D eigenvalue weighted by Crippen LogP contribution is -2.01. The molecule has 0 unspecified atom stereocenters. The maximum Gasteiger partial charge on any atom is 0.201 e. The molecule has 190 valence electrons. The van der Waals surface area contributed by atoms with E-state index in [9.17, 15) is 13.2 Å². The Balaban J connectivity index is 1.36. The molecule has 37 heavy (non-hydrogen) atoms. The Labute approximate surface area is 216 Å². The molecule has 0 fully saturated rings. The van der Waals surface area contributed by atoms with Crippen LogP contribution in [0.25, 0.3) is 28.3 Å². The van der Waals surface area contributed by atoms with Crippen LogP contribution in [-0.4, -0.2) is 13.3 Å². The molecule has 0 radical (unpaired) electrons. The van der Waals surface area contributed by atoms with E-state index in [-0.39, 0.29) is 11.3 Å². The van der Waals surface area contributed by atoms with Gasteiger partial charge in [0, 0.05) is 5.56 Å². The number of halogens is 3. The average Bonchev–Trinajstić information content (AvgIpc) is 2.94. The van der Waals surface area contributed by atoms with E-state index in [1.807, 2.05) is 67.6 Å². The summed E-state index contributed by atoms with van der Waals surface area (Å²) < 4.78 is 52.6. The van der Waals surface area contributed by atoms with Crippen LogP contribution in [-0.2, 0) is 6.61 Å². The molecule has 0 aliphatic rings. The Morgan fingerprint density at radius 2 is 1.35 bits per heavy atom. The summed E-state index contributed by atoms with van der Waals surface area (Å²) in [5.41, 5.74) is 4.74. The van der Waals surface area contributed by atoms with Crippen molar-refractivity contribution < 1.29 is 22.6 Å². The fraction of sp³-hybridized carbons (Fsp3) is 0.188. The third-order valence-corrected chi connectivity index (χ3v) is 5.97. The minimum Gasteiger partial charge on any atom is -0.490 e. The Bertz CT molecular complexity index is 1310. The van der Waals surface area contributed by atoms with Crippen LogP contribution in [0.15, 0.2) is 91.0 Å². The number of hydrogen-bond donors (Lipinski definition) is 0. The Hall–Kier alpha value is -3.99. The maximum atomic E-state index is 14.7. The van der Waals surface area contributed by atoms with Crippen molar-refractivity contribution >= 4 is 6.08 Å². The predicted molar refractivity (Wildman–Crippen MR) is 143 cm³/mol. The number of allylic oxidation sites excluding steroid dienone is 1. The van der Waals surface area contributed by atoms with Crippen molar-refractivity contribution in [2.45, 2.75) is 26.4 Å². The summed E-state index contributed by atoms with van der Waals surface area (Å²) in [7, 11) is 0. The first-order chi connectivity index (χ1) is 18.1. The second kappa shape index (κ2) is 12.8. The van der Waals surface area contributed by atoms with Gasteiger partial charge in [0.05, 0.1) is 6.61 Å². The van der Waals surface area contributed by atoms with Gasteiger partial charge in [-0.3, -0.25) is 0 Å². The van der Waals surface area contributed by atoms with Gasteiger partial charge < -0.3 is 9.47 Å². The van der Waals surface area contributed by atoms with Gasteiger partial charge in [-0.15, -0.1) is 0 Å². The molecule has 0 N–H and O–H groups in total. The lowest BCUT2D eigenvalue weighted by Gasteiger charge is -2.11. The first-order valence-electron chi connectivity index (χ1n) is 12.3. The topological polar surface area (TPSA) is 18.5 Å². The average molecular weight is 503 g/mol. The van der Waals surface area contributed by atoms with Crippen molar-refractivity contribution in [3.8, 4) is 33.8 Å². The van der Waals surface area contributed by atoms with Gasteiger partial charge in [-0.2, -0.15) is 4.39 Å². The van der Waals surface area contributed by atoms with Crippen LogP contribution < -0.4 is 9.47 Å². The van der Waals surface area contributed by atoms with E-state index in [0.717, 1.165) is 40.8 Å². The van der Waals surface area contributed by atoms with Crippen LogP contribution >= 0.6 is 0 Å². The van der Waals surface area contributed by atoms with Gasteiger partial charge in [-0.05, 0) is 58.5 Å². The van der Waals surface area contributed by atoms with E-state index < -0.39 is 18.3 Å². The molecule has 0 aliphatic heterocycles. The molecular weight excluding hydrogens is 473 g/mol. The molecule has 2 nitrogen and oxygen atoms in total. The van der Waals surface area contributed by atoms with Crippen LogP contribution in [0.3, 0.4) is 0 Å². The van der Waals surface area contributed by atoms with Gasteiger partial charge in [0.1, 0.15) is 19.0 Å². The molecule has 4 aromatic rings. The van der Waals surface area contributed by atoms with Crippen LogP contribution in [0.4, 0.5) is 13.2 Å². The highest BCUT2D eigenvalue weighted by atomic mass is 19.2. The Morgan fingerprint density at radius 3 is 2.00 bits per heavy atom. The third kappa shape index (κ3) is 6.82. The number of benzene rings is 4. The number of alkyl halides is 1. The van der Waals surface area contributed by atoms with E-state index in [2.05, 4.69) is 0 Å². The second-order valence-electron chi connectivity index (χ2n) is 8.63. The summed E-state index contributed by atoms with van der Waals surface area (Å²) >= 11 is 0. The zero-order chi connectivity index (χ0) is 26.0. The zero-order valence-electron chi connectivity index (χ0n) is 20.7. The molecule has 0 saturated carbocycles. The molecule has 0 atom stereocenters. The molecule has 0 aromatic heterocycles. The first kappa shape index (κ1) is 26.1. The van der Waals surface area contributed by atoms with Crippen molar-refractivity contribution in [3.63, 3.8) is 0 Å². The molecule has 0 saturated heterocycles. The highest BCUT2D eigenvalue weighted by Gasteiger charge is 2.16. The highest BCUT2D eigenvalue weighted by Crippen LogP contribution is 2.30. The molecule has 0 heterocycles. The summed E-state index contributed by atoms with van der Waals surface area (Å²) in [6.07, 6.45) is 4.93. The molecule has 0 spiro atoms. The summed E-state index contributed by atoms with van der Waals surface area (Å²) in [5.74, 6) is -1.21. The van der Waals surface area contributed by atoms with E-state index in [0.29, 0.717) is 18.8 Å². The summed E-state index contributed by atoms with van der Waals surface area (Å²) in [6, 6.07) is 25.9. The second-order valence-corrected chi connectivity index (χ2v) is 8.63. The van der Waals surface area contributed by atoms with Gasteiger partial charge in [0.15, 0.2) is 11.6 Å². The van der Waals surface area contributed by atoms with Crippen molar-refractivity contribution in [3.05, 3.63) is 114 Å². The van der Waals surface area contributed by atoms with E-state index >= 15 is 0 Å². The highest BCUT2D eigenvalue weighted by molar-refractivity contribution is 5.67. The maximum absolute atomic E-state index is 14.7. The minimum atomic E-state index is -0.964. The molecule has 0 amide bonds. The lowest BCUT2D eigenvalue weighted by molar-refractivity contribution is 0.289. The van der Waals surface area contributed by atoms with E-state index in [1.54, 1.807) is 24.3 Å². The number of rotatable bonds is 11. The number of ether oxygens (including phenoxy) is 2. The van der Waals surface area contributed by atoms with Crippen molar-refractivity contribution in [1.29, 1.82) is 0 Å². The van der Waals surface area contributed by atoms with Crippen molar-refractivity contribution in [2.24, 2.45) is 0 Å². The monoisotopic (exact) mass is 502 g/mol. The van der Waals surface area contributed by atoms with Crippen LogP contribution in [0.5, 0.6) is 11.5 Å². The fourth-order valence-corrected chi connectivity index (χ4v) is 3.85. The van der Waals surface area contributed by atoms with Gasteiger partial charge in [-0.25, -0.2) is 8.78 Å². The van der Waals surface area contributed by atoms with E-state index in [1.165, 1.54) is 12.1 Å². The zero-order valence-corrected chi connectivity index (χ0v) is 20.7. The summed E-state index contributed by atoms with van der Waals surface area (Å²) in [6.45, 7) is 2.23. The molecular formula is C32H29F3O2. The smallest absolute Gasteiger partial charge is 0.201 e. The van der Waals surface area contributed by atoms with Gasteiger partial charge in [0.2, 0.25) is 5.82 Å². The number of hydrogen-bond acceptors (Lipinski definition) is 2. The molecule has 4 aromatic carbocycles. The summed E-state index contributed by atoms with van der Waals surface area (Å²) in [4.78, 5) is 0. The van der Waals surface area contributed by atoms with Crippen molar-refractivity contribution in [1.82, 2.24) is 0 Å². The lowest BCUT2D eigenvalue weighted by atomic mass is 10.0. The minimum absolute atomic E-state index is 0.0616. The Kier molecular flexibility index (Phi) is 9.03. The first-order valence-corrected chi connectivity index (χ1v) is 12.3. The standard InChI is InChI=1S/C32H29F3O2/c1-2-3-21-36-30-19-18-29(31(34)32(30)35)27-12-8-24(9-13-27)22-37-28-16-14-26(15-17-28)25-10-6-23(7-11-25)5-4-20-33/h4-19H,2-3,20-22H2,1H3/b5-4+.